The highest BCUT2D eigenvalue weighted by molar-refractivity contribution is 7.09. The van der Waals surface area contributed by atoms with Crippen LogP contribution in [0.5, 0.6) is 0 Å². The Bertz CT molecular complexity index is 408. The molecule has 4 nitrogen and oxygen atoms in total. The molecule has 1 amide bonds. The summed E-state index contributed by atoms with van der Waals surface area (Å²) in [4.78, 5) is 14.9. The largest absolute Gasteiger partial charge is 0.354 e. The van der Waals surface area contributed by atoms with E-state index in [1.54, 1.807) is 17.4 Å². The lowest BCUT2D eigenvalue weighted by atomic mass is 10.3. The molecule has 0 fully saturated rings. The van der Waals surface area contributed by atoms with Gasteiger partial charge in [-0.25, -0.2) is 0 Å². The van der Waals surface area contributed by atoms with Crippen molar-refractivity contribution in [3.8, 4) is 6.07 Å². The second-order valence-corrected chi connectivity index (χ2v) is 4.83. The minimum Gasteiger partial charge on any atom is -0.354 e. The van der Waals surface area contributed by atoms with E-state index in [-0.39, 0.29) is 5.91 Å². The molecule has 1 aromatic heterocycles. The molecule has 1 N–H and O–H groups in total. The second-order valence-electron chi connectivity index (χ2n) is 3.80. The number of rotatable bonds is 8. The lowest BCUT2D eigenvalue weighted by Gasteiger charge is -2.19. The molecule has 0 atom stereocenters. The van der Waals surface area contributed by atoms with E-state index in [1.807, 2.05) is 28.5 Å². The molecule has 5 heteroatoms. The molecule has 0 aliphatic rings. The van der Waals surface area contributed by atoms with Crippen molar-refractivity contribution in [2.75, 3.05) is 19.6 Å². The van der Waals surface area contributed by atoms with Gasteiger partial charge in [0.1, 0.15) is 0 Å². The first-order valence-electron chi connectivity index (χ1n) is 5.75. The van der Waals surface area contributed by atoms with Crippen LogP contribution in [0.4, 0.5) is 0 Å². The van der Waals surface area contributed by atoms with E-state index in [2.05, 4.69) is 11.9 Å². The van der Waals surface area contributed by atoms with E-state index in [9.17, 15) is 4.79 Å². The highest BCUT2D eigenvalue weighted by atomic mass is 32.1. The standard InChI is InChI=1S/C13H17N3OS/c1-2-8-16(10-12-5-3-9-18-12)11-13(17)15-7-4-6-14/h2-3,5,9H,1,4,7-8,10-11H2,(H,15,17). The van der Waals surface area contributed by atoms with Crippen LogP contribution in [0.25, 0.3) is 0 Å². The Balaban J connectivity index is 2.39. The summed E-state index contributed by atoms with van der Waals surface area (Å²) in [5.74, 6) is -0.0522. The van der Waals surface area contributed by atoms with E-state index in [4.69, 9.17) is 5.26 Å². The first-order chi connectivity index (χ1) is 8.76. The summed E-state index contributed by atoms with van der Waals surface area (Å²) >= 11 is 1.67. The van der Waals surface area contributed by atoms with Crippen molar-refractivity contribution in [2.24, 2.45) is 0 Å². The maximum absolute atomic E-state index is 11.6. The summed E-state index contributed by atoms with van der Waals surface area (Å²) in [6.45, 7) is 5.86. The molecule has 96 valence electrons. The Kier molecular flexibility index (Phi) is 6.77. The first-order valence-corrected chi connectivity index (χ1v) is 6.63. The predicted octanol–water partition coefficient (Wildman–Crippen LogP) is 1.77. The molecule has 1 heterocycles. The summed E-state index contributed by atoms with van der Waals surface area (Å²) in [6.07, 6.45) is 2.13. The average molecular weight is 263 g/mol. The van der Waals surface area contributed by atoms with Crippen LogP contribution in [0.2, 0.25) is 0 Å². The van der Waals surface area contributed by atoms with Gasteiger partial charge < -0.3 is 5.32 Å². The predicted molar refractivity (Wildman–Crippen MR) is 73.0 cm³/mol. The lowest BCUT2D eigenvalue weighted by Crippen LogP contribution is -2.37. The first kappa shape index (κ1) is 14.4. The van der Waals surface area contributed by atoms with Gasteiger partial charge in [-0.3, -0.25) is 9.69 Å². The Morgan fingerprint density at radius 1 is 1.67 bits per heavy atom. The van der Waals surface area contributed by atoms with Gasteiger partial charge in [0.25, 0.3) is 0 Å². The summed E-state index contributed by atoms with van der Waals surface area (Å²) in [7, 11) is 0. The van der Waals surface area contributed by atoms with Gasteiger partial charge in [0.15, 0.2) is 0 Å². The van der Waals surface area contributed by atoms with Gasteiger partial charge in [-0.2, -0.15) is 5.26 Å². The van der Waals surface area contributed by atoms with Crippen LogP contribution in [0.3, 0.4) is 0 Å². The maximum Gasteiger partial charge on any atom is 0.234 e. The third kappa shape index (κ3) is 5.62. The summed E-state index contributed by atoms with van der Waals surface area (Å²) in [5.41, 5.74) is 0. The molecule has 0 bridgehead atoms. The van der Waals surface area contributed by atoms with Crippen LogP contribution in [0, 0.1) is 11.3 Å². The van der Waals surface area contributed by atoms with Crippen LogP contribution >= 0.6 is 11.3 Å². The number of carbonyl (C=O) groups excluding carboxylic acids is 1. The van der Waals surface area contributed by atoms with Crippen LogP contribution in [0.1, 0.15) is 11.3 Å². The monoisotopic (exact) mass is 263 g/mol. The molecule has 1 rings (SSSR count). The van der Waals surface area contributed by atoms with Gasteiger partial charge >= 0.3 is 0 Å². The summed E-state index contributed by atoms with van der Waals surface area (Å²) < 4.78 is 0. The zero-order valence-electron chi connectivity index (χ0n) is 10.3. The fraction of sp³-hybridized carbons (Fsp3) is 0.385. The highest BCUT2D eigenvalue weighted by Crippen LogP contribution is 2.11. The minimum atomic E-state index is -0.0522. The van der Waals surface area contributed by atoms with Crippen molar-refractivity contribution >= 4 is 17.2 Å². The number of carbonyl (C=O) groups is 1. The fourth-order valence-corrected chi connectivity index (χ4v) is 2.25. The van der Waals surface area contributed by atoms with Gasteiger partial charge in [0.05, 0.1) is 19.0 Å². The number of hydrogen-bond donors (Lipinski definition) is 1. The van der Waals surface area contributed by atoms with Crippen LogP contribution in [0.15, 0.2) is 30.2 Å². The van der Waals surface area contributed by atoms with E-state index in [1.165, 1.54) is 4.88 Å². The Hall–Kier alpha value is -1.64. The summed E-state index contributed by atoms with van der Waals surface area (Å²) in [6, 6.07) is 6.04. The van der Waals surface area contributed by atoms with Crippen molar-refractivity contribution in [2.45, 2.75) is 13.0 Å². The highest BCUT2D eigenvalue weighted by Gasteiger charge is 2.10. The molecule has 18 heavy (non-hydrogen) atoms. The molecule has 0 saturated heterocycles. The van der Waals surface area contributed by atoms with Gasteiger partial charge in [-0.15, -0.1) is 17.9 Å². The van der Waals surface area contributed by atoms with Gasteiger partial charge in [0, 0.05) is 24.5 Å². The third-order valence-electron chi connectivity index (χ3n) is 2.27. The molecule has 0 radical (unpaired) electrons. The molecule has 0 unspecified atom stereocenters. The second kappa shape index (κ2) is 8.45. The van der Waals surface area contributed by atoms with Crippen molar-refractivity contribution in [3.05, 3.63) is 35.0 Å². The Morgan fingerprint density at radius 2 is 2.50 bits per heavy atom. The number of nitriles is 1. The zero-order valence-corrected chi connectivity index (χ0v) is 11.1. The smallest absolute Gasteiger partial charge is 0.234 e. The van der Waals surface area contributed by atoms with E-state index in [0.717, 1.165) is 6.54 Å². The maximum atomic E-state index is 11.6. The van der Waals surface area contributed by atoms with Crippen LogP contribution < -0.4 is 5.32 Å². The van der Waals surface area contributed by atoms with Gasteiger partial charge in [0.2, 0.25) is 5.91 Å². The number of hydrogen-bond acceptors (Lipinski definition) is 4. The minimum absolute atomic E-state index is 0.0522. The molecule has 1 aromatic rings. The van der Waals surface area contributed by atoms with E-state index in [0.29, 0.717) is 26.1 Å². The Labute approximate surface area is 112 Å². The quantitative estimate of drug-likeness (QED) is 0.574. The summed E-state index contributed by atoms with van der Waals surface area (Å²) in [5, 5.41) is 13.1. The number of thiophene rings is 1. The number of amides is 1. The molecule has 0 aliphatic heterocycles. The molecule has 0 saturated carbocycles. The molecule has 0 aliphatic carbocycles. The van der Waals surface area contributed by atoms with Gasteiger partial charge in [-0.1, -0.05) is 12.1 Å². The van der Waals surface area contributed by atoms with Crippen molar-refractivity contribution in [1.82, 2.24) is 10.2 Å². The average Bonchev–Trinajstić information content (AvgIpc) is 2.82. The topological polar surface area (TPSA) is 56.1 Å². The van der Waals surface area contributed by atoms with Crippen molar-refractivity contribution < 1.29 is 4.79 Å². The third-order valence-corrected chi connectivity index (χ3v) is 3.13. The number of nitrogens with one attached hydrogen (secondary N) is 1. The fourth-order valence-electron chi connectivity index (χ4n) is 1.51. The normalized spacial score (nSPS) is 10.0. The van der Waals surface area contributed by atoms with Crippen molar-refractivity contribution in [3.63, 3.8) is 0 Å². The lowest BCUT2D eigenvalue weighted by molar-refractivity contribution is -0.122. The Morgan fingerprint density at radius 3 is 3.11 bits per heavy atom. The number of nitrogens with zero attached hydrogens (tertiary/aromatic N) is 2. The SMILES string of the molecule is C=CCN(CC(=O)NCCC#N)Cc1cccs1. The van der Waals surface area contributed by atoms with Crippen molar-refractivity contribution in [1.29, 1.82) is 5.26 Å². The molecule has 0 aromatic carbocycles. The molecular weight excluding hydrogens is 246 g/mol. The van der Waals surface area contributed by atoms with E-state index < -0.39 is 0 Å². The molecular formula is C13H17N3OS. The van der Waals surface area contributed by atoms with Gasteiger partial charge in [-0.05, 0) is 11.4 Å². The van der Waals surface area contributed by atoms with Crippen LogP contribution in [-0.4, -0.2) is 30.4 Å². The molecule has 0 spiro atoms. The van der Waals surface area contributed by atoms with Crippen LogP contribution in [-0.2, 0) is 11.3 Å². The zero-order chi connectivity index (χ0) is 13.2. The van der Waals surface area contributed by atoms with E-state index >= 15 is 0 Å².